The van der Waals surface area contributed by atoms with Crippen molar-refractivity contribution in [1.82, 2.24) is 10.2 Å². The average molecular weight is 304 g/mol. The molecule has 0 aromatic heterocycles. The molecule has 0 saturated carbocycles. The normalized spacial score (nSPS) is 28.8. The summed E-state index contributed by atoms with van der Waals surface area (Å²) < 4.78 is 13.3. The van der Waals surface area contributed by atoms with Gasteiger partial charge in [-0.05, 0) is 63.3 Å². The molecule has 3 rings (SSSR count). The lowest BCUT2D eigenvalue weighted by Gasteiger charge is -2.33. The van der Waals surface area contributed by atoms with Gasteiger partial charge < -0.3 is 10.2 Å². The second kappa shape index (κ2) is 6.78. The number of hydrogen-bond acceptors (Lipinski definition) is 2. The number of nitrogens with one attached hydrogen (secondary N) is 1. The number of benzene rings is 1. The SMILES string of the molecule is C[C@H]1C[C@@H](C(=O)N2CCCC2Cc2cccc(F)c2)CCN1. The highest BCUT2D eigenvalue weighted by atomic mass is 19.1. The van der Waals surface area contributed by atoms with Gasteiger partial charge in [-0.1, -0.05) is 12.1 Å². The van der Waals surface area contributed by atoms with Gasteiger partial charge in [0.1, 0.15) is 5.82 Å². The molecule has 0 spiro atoms. The molecule has 3 atom stereocenters. The largest absolute Gasteiger partial charge is 0.339 e. The number of nitrogens with zero attached hydrogens (tertiary/aromatic N) is 1. The molecule has 4 heteroatoms. The standard InChI is InChI=1S/C18H25FN2O/c1-13-10-15(7-8-20-13)18(22)21-9-3-6-17(21)12-14-4-2-5-16(19)11-14/h2,4-5,11,13,15,17,20H,3,6-10,12H2,1H3/t13-,15-,17?/m0/s1. The smallest absolute Gasteiger partial charge is 0.226 e. The van der Waals surface area contributed by atoms with Crippen molar-refractivity contribution < 1.29 is 9.18 Å². The first kappa shape index (κ1) is 15.5. The molecular formula is C18H25FN2O. The van der Waals surface area contributed by atoms with Crippen LogP contribution in [0, 0.1) is 11.7 Å². The van der Waals surface area contributed by atoms with Crippen LogP contribution in [0.5, 0.6) is 0 Å². The highest BCUT2D eigenvalue weighted by molar-refractivity contribution is 5.79. The maximum absolute atomic E-state index is 13.3. The van der Waals surface area contributed by atoms with Crippen molar-refractivity contribution in [3.63, 3.8) is 0 Å². The summed E-state index contributed by atoms with van der Waals surface area (Å²) in [5.74, 6) is 0.275. The lowest BCUT2D eigenvalue weighted by atomic mass is 9.91. The Balaban J connectivity index is 1.66. The van der Waals surface area contributed by atoms with E-state index < -0.39 is 0 Å². The predicted octanol–water partition coefficient (Wildman–Crippen LogP) is 2.75. The van der Waals surface area contributed by atoms with E-state index >= 15 is 0 Å². The Labute approximate surface area is 131 Å². The lowest BCUT2D eigenvalue weighted by molar-refractivity contribution is -0.137. The molecule has 120 valence electrons. The molecule has 0 bridgehead atoms. The molecule has 0 radical (unpaired) electrons. The van der Waals surface area contributed by atoms with Crippen molar-refractivity contribution in [3.8, 4) is 0 Å². The van der Waals surface area contributed by atoms with Crippen LogP contribution < -0.4 is 5.32 Å². The van der Waals surface area contributed by atoms with Gasteiger partial charge in [0.15, 0.2) is 0 Å². The van der Waals surface area contributed by atoms with Crippen molar-refractivity contribution in [3.05, 3.63) is 35.6 Å². The molecule has 22 heavy (non-hydrogen) atoms. The van der Waals surface area contributed by atoms with Gasteiger partial charge in [-0.25, -0.2) is 4.39 Å². The molecule has 2 fully saturated rings. The maximum atomic E-state index is 13.3. The van der Waals surface area contributed by atoms with E-state index in [0.717, 1.165) is 50.8 Å². The topological polar surface area (TPSA) is 32.3 Å². The van der Waals surface area contributed by atoms with Gasteiger partial charge in [0.05, 0.1) is 0 Å². The number of halogens is 1. The Morgan fingerprint density at radius 2 is 2.27 bits per heavy atom. The molecule has 1 unspecified atom stereocenters. The fraction of sp³-hybridized carbons (Fsp3) is 0.611. The minimum Gasteiger partial charge on any atom is -0.339 e. The van der Waals surface area contributed by atoms with E-state index in [1.165, 1.54) is 6.07 Å². The molecule has 1 amide bonds. The van der Waals surface area contributed by atoms with Crippen LogP contribution >= 0.6 is 0 Å². The molecular weight excluding hydrogens is 279 g/mol. The monoisotopic (exact) mass is 304 g/mol. The van der Waals surface area contributed by atoms with E-state index in [1.807, 2.05) is 6.07 Å². The van der Waals surface area contributed by atoms with E-state index in [9.17, 15) is 9.18 Å². The molecule has 0 aliphatic carbocycles. The van der Waals surface area contributed by atoms with Gasteiger partial charge >= 0.3 is 0 Å². The molecule has 2 saturated heterocycles. The zero-order chi connectivity index (χ0) is 15.5. The predicted molar refractivity (Wildman–Crippen MR) is 85.0 cm³/mol. The minimum atomic E-state index is -0.194. The van der Waals surface area contributed by atoms with Crippen LogP contribution in [-0.4, -0.2) is 36.0 Å². The second-order valence-electron chi connectivity index (χ2n) is 6.74. The van der Waals surface area contributed by atoms with Gasteiger partial charge in [0, 0.05) is 24.5 Å². The highest BCUT2D eigenvalue weighted by Crippen LogP contribution is 2.27. The fourth-order valence-corrected chi connectivity index (χ4v) is 3.86. The van der Waals surface area contributed by atoms with Crippen LogP contribution in [0.1, 0.15) is 38.2 Å². The van der Waals surface area contributed by atoms with E-state index in [1.54, 1.807) is 12.1 Å². The van der Waals surface area contributed by atoms with Gasteiger partial charge in [-0.15, -0.1) is 0 Å². The Kier molecular flexibility index (Phi) is 4.77. The zero-order valence-corrected chi connectivity index (χ0v) is 13.2. The van der Waals surface area contributed by atoms with E-state index in [2.05, 4.69) is 17.1 Å². The Bertz CT molecular complexity index is 534. The minimum absolute atomic E-state index is 0.157. The van der Waals surface area contributed by atoms with Gasteiger partial charge in [-0.2, -0.15) is 0 Å². The summed E-state index contributed by atoms with van der Waals surface area (Å²) in [6, 6.07) is 7.42. The maximum Gasteiger partial charge on any atom is 0.226 e. The zero-order valence-electron chi connectivity index (χ0n) is 13.2. The molecule has 1 N–H and O–H groups in total. The van der Waals surface area contributed by atoms with Crippen molar-refractivity contribution >= 4 is 5.91 Å². The van der Waals surface area contributed by atoms with Gasteiger partial charge in [0.25, 0.3) is 0 Å². The summed E-state index contributed by atoms with van der Waals surface area (Å²) in [6.45, 7) is 3.94. The number of rotatable bonds is 3. The van der Waals surface area contributed by atoms with Crippen LogP contribution in [0.2, 0.25) is 0 Å². The summed E-state index contributed by atoms with van der Waals surface area (Å²) in [5, 5.41) is 3.40. The number of carbonyl (C=O) groups is 1. The molecule has 3 nitrogen and oxygen atoms in total. The molecule has 1 aromatic carbocycles. The second-order valence-corrected chi connectivity index (χ2v) is 6.74. The molecule has 2 aliphatic rings. The van der Waals surface area contributed by atoms with Crippen LogP contribution in [-0.2, 0) is 11.2 Å². The summed E-state index contributed by atoms with van der Waals surface area (Å²) in [5.41, 5.74) is 0.989. The summed E-state index contributed by atoms with van der Waals surface area (Å²) in [4.78, 5) is 14.9. The summed E-state index contributed by atoms with van der Waals surface area (Å²) >= 11 is 0. The number of amides is 1. The first-order valence-corrected chi connectivity index (χ1v) is 8.42. The molecule has 2 aliphatic heterocycles. The quantitative estimate of drug-likeness (QED) is 0.931. The summed E-state index contributed by atoms with van der Waals surface area (Å²) in [7, 11) is 0. The lowest BCUT2D eigenvalue weighted by Crippen LogP contribution is -2.46. The van der Waals surface area contributed by atoms with Gasteiger partial charge in [0.2, 0.25) is 5.91 Å². The Morgan fingerprint density at radius 3 is 3.05 bits per heavy atom. The Hall–Kier alpha value is -1.42. The number of piperidine rings is 1. The third-order valence-corrected chi connectivity index (χ3v) is 4.99. The third-order valence-electron chi connectivity index (χ3n) is 4.99. The van der Waals surface area contributed by atoms with Crippen LogP contribution in [0.15, 0.2) is 24.3 Å². The van der Waals surface area contributed by atoms with E-state index in [0.29, 0.717) is 11.9 Å². The van der Waals surface area contributed by atoms with Crippen molar-refractivity contribution in [2.45, 2.75) is 51.1 Å². The van der Waals surface area contributed by atoms with Gasteiger partial charge in [-0.3, -0.25) is 4.79 Å². The third kappa shape index (κ3) is 3.49. The fourth-order valence-electron chi connectivity index (χ4n) is 3.86. The summed E-state index contributed by atoms with van der Waals surface area (Å²) in [6.07, 6.45) is 4.73. The van der Waals surface area contributed by atoms with Crippen molar-refractivity contribution in [2.75, 3.05) is 13.1 Å². The first-order chi connectivity index (χ1) is 10.6. The van der Waals surface area contributed by atoms with E-state index in [-0.39, 0.29) is 17.8 Å². The van der Waals surface area contributed by atoms with Crippen molar-refractivity contribution in [1.29, 1.82) is 0 Å². The van der Waals surface area contributed by atoms with Crippen LogP contribution in [0.4, 0.5) is 4.39 Å². The number of hydrogen-bond donors (Lipinski definition) is 1. The number of carbonyl (C=O) groups excluding carboxylic acids is 1. The first-order valence-electron chi connectivity index (χ1n) is 8.42. The van der Waals surface area contributed by atoms with Crippen LogP contribution in [0.3, 0.4) is 0 Å². The highest BCUT2D eigenvalue weighted by Gasteiger charge is 2.34. The number of likely N-dealkylation sites (tertiary alicyclic amines) is 1. The van der Waals surface area contributed by atoms with E-state index in [4.69, 9.17) is 0 Å². The van der Waals surface area contributed by atoms with Crippen LogP contribution in [0.25, 0.3) is 0 Å². The Morgan fingerprint density at radius 1 is 1.41 bits per heavy atom. The van der Waals surface area contributed by atoms with Crippen molar-refractivity contribution in [2.24, 2.45) is 5.92 Å². The molecule has 1 aromatic rings. The molecule has 2 heterocycles. The average Bonchev–Trinajstić information content (AvgIpc) is 2.94.